The lowest BCUT2D eigenvalue weighted by atomic mass is 10.2. The molecule has 1 aliphatic rings. The number of nitrogens with one attached hydrogen (secondary N) is 3. The molecule has 164 valence electrons. The van der Waals surface area contributed by atoms with E-state index in [0.717, 1.165) is 30.7 Å². The van der Waals surface area contributed by atoms with E-state index in [1.54, 1.807) is 24.3 Å². The van der Waals surface area contributed by atoms with Crippen LogP contribution in [0.5, 0.6) is 5.75 Å². The van der Waals surface area contributed by atoms with Crippen LogP contribution in [0.15, 0.2) is 67.4 Å². The molecule has 3 aromatic rings. The van der Waals surface area contributed by atoms with Crippen LogP contribution in [-0.4, -0.2) is 35.2 Å². The van der Waals surface area contributed by atoms with Gasteiger partial charge in [-0.3, -0.25) is 4.79 Å². The molecule has 1 saturated heterocycles. The van der Waals surface area contributed by atoms with E-state index in [1.165, 1.54) is 6.08 Å². The van der Waals surface area contributed by atoms with Gasteiger partial charge >= 0.3 is 0 Å². The Balaban J connectivity index is 1.43. The number of carbonyl (C=O) groups is 1. The van der Waals surface area contributed by atoms with E-state index in [1.807, 2.05) is 24.3 Å². The van der Waals surface area contributed by atoms with E-state index in [0.29, 0.717) is 18.0 Å². The van der Waals surface area contributed by atoms with Gasteiger partial charge in [-0.05, 0) is 48.5 Å². The second kappa shape index (κ2) is 9.88. The minimum atomic E-state index is -0.612. The number of nitrogens with zero attached hydrogens (tertiary/aromatic N) is 2. The maximum atomic E-state index is 14.3. The summed E-state index contributed by atoms with van der Waals surface area (Å²) in [5.74, 6) is 0.0177. The van der Waals surface area contributed by atoms with Crippen LogP contribution in [0.3, 0.4) is 0 Å². The molecule has 1 aromatic heterocycles. The van der Waals surface area contributed by atoms with Gasteiger partial charge in [0.05, 0.1) is 19.4 Å². The number of rotatable bonds is 8. The average Bonchev–Trinajstić information content (AvgIpc) is 3.31. The van der Waals surface area contributed by atoms with Crippen LogP contribution < -0.4 is 20.7 Å². The number of anilines is 5. The number of hydrogen-bond donors (Lipinski definition) is 3. The van der Waals surface area contributed by atoms with Crippen LogP contribution in [0.2, 0.25) is 0 Å². The second-order valence-corrected chi connectivity index (χ2v) is 7.04. The topological polar surface area (TPSA) is 97.4 Å². The van der Waals surface area contributed by atoms with Crippen LogP contribution >= 0.6 is 0 Å². The fraction of sp³-hybridized carbons (Fsp3) is 0.174. The fourth-order valence-corrected chi connectivity index (χ4v) is 3.06. The monoisotopic (exact) mass is 435 g/mol. The maximum absolute atomic E-state index is 14.3. The third kappa shape index (κ3) is 5.58. The zero-order valence-electron chi connectivity index (χ0n) is 17.2. The van der Waals surface area contributed by atoms with E-state index >= 15 is 0 Å². The molecule has 1 atom stereocenters. The molecular weight excluding hydrogens is 413 g/mol. The van der Waals surface area contributed by atoms with Gasteiger partial charge in [0.15, 0.2) is 11.6 Å². The third-order valence-electron chi connectivity index (χ3n) is 4.62. The number of amides is 1. The minimum absolute atomic E-state index is 0.00381. The minimum Gasteiger partial charge on any atom is -0.488 e. The van der Waals surface area contributed by atoms with Crippen LogP contribution in [0, 0.1) is 5.82 Å². The third-order valence-corrected chi connectivity index (χ3v) is 4.62. The molecule has 1 fully saturated rings. The van der Waals surface area contributed by atoms with Gasteiger partial charge in [0.25, 0.3) is 0 Å². The molecule has 1 aliphatic heterocycles. The lowest BCUT2D eigenvalue weighted by molar-refractivity contribution is -0.111. The van der Waals surface area contributed by atoms with Gasteiger partial charge in [0, 0.05) is 23.5 Å². The van der Waals surface area contributed by atoms with E-state index in [4.69, 9.17) is 9.47 Å². The Morgan fingerprint density at radius 3 is 2.72 bits per heavy atom. The van der Waals surface area contributed by atoms with Gasteiger partial charge in [-0.25, -0.2) is 9.37 Å². The normalized spacial score (nSPS) is 15.1. The summed E-state index contributed by atoms with van der Waals surface area (Å²) in [4.78, 5) is 19.7. The fourth-order valence-electron chi connectivity index (χ4n) is 3.06. The number of carbonyl (C=O) groups excluding carboxylic acids is 1. The van der Waals surface area contributed by atoms with Crippen molar-refractivity contribution in [3.8, 4) is 5.75 Å². The maximum Gasteiger partial charge on any atom is 0.247 e. The van der Waals surface area contributed by atoms with Crippen LogP contribution in [0.4, 0.5) is 33.2 Å². The van der Waals surface area contributed by atoms with Crippen molar-refractivity contribution in [2.45, 2.75) is 12.5 Å². The van der Waals surface area contributed by atoms with Gasteiger partial charge in [0.2, 0.25) is 11.9 Å². The van der Waals surface area contributed by atoms with E-state index in [-0.39, 0.29) is 23.8 Å². The molecule has 0 bridgehead atoms. The van der Waals surface area contributed by atoms with Gasteiger partial charge < -0.3 is 25.4 Å². The molecule has 0 unspecified atom stereocenters. The van der Waals surface area contributed by atoms with Gasteiger partial charge in [-0.2, -0.15) is 4.98 Å². The highest BCUT2D eigenvalue weighted by atomic mass is 19.1. The first-order chi connectivity index (χ1) is 15.6. The molecule has 1 amide bonds. The molecule has 0 spiro atoms. The molecular formula is C23H22FN5O3. The first-order valence-electron chi connectivity index (χ1n) is 10.0. The highest BCUT2D eigenvalue weighted by Crippen LogP contribution is 2.24. The Kier molecular flexibility index (Phi) is 6.57. The number of halogens is 1. The molecule has 3 N–H and O–H groups in total. The predicted molar refractivity (Wildman–Crippen MR) is 120 cm³/mol. The Morgan fingerprint density at radius 1 is 1.16 bits per heavy atom. The SMILES string of the molecule is C=CC(=O)Nc1cccc(Nc2nc(Nc3ccc(O[C@@H]4CCOC4)cc3)ncc2F)c1. The Labute approximate surface area is 184 Å². The van der Waals surface area contributed by atoms with Crippen LogP contribution in [-0.2, 0) is 9.53 Å². The van der Waals surface area contributed by atoms with Crippen molar-refractivity contribution in [1.29, 1.82) is 0 Å². The summed E-state index contributed by atoms with van der Waals surface area (Å²) in [7, 11) is 0. The van der Waals surface area contributed by atoms with Gasteiger partial charge in [-0.15, -0.1) is 0 Å². The van der Waals surface area contributed by atoms with Crippen molar-refractivity contribution in [1.82, 2.24) is 9.97 Å². The van der Waals surface area contributed by atoms with E-state index < -0.39 is 5.82 Å². The quantitative estimate of drug-likeness (QED) is 0.451. The summed E-state index contributed by atoms with van der Waals surface area (Å²) < 4.78 is 25.4. The smallest absolute Gasteiger partial charge is 0.247 e. The lowest BCUT2D eigenvalue weighted by Crippen LogP contribution is -2.15. The Morgan fingerprint density at radius 2 is 1.97 bits per heavy atom. The van der Waals surface area contributed by atoms with Gasteiger partial charge in [0.1, 0.15) is 11.9 Å². The Bertz CT molecular complexity index is 1100. The second-order valence-electron chi connectivity index (χ2n) is 7.04. The van der Waals surface area contributed by atoms with E-state index in [2.05, 4.69) is 32.5 Å². The summed E-state index contributed by atoms with van der Waals surface area (Å²) in [6.07, 6.45) is 3.21. The van der Waals surface area contributed by atoms with Crippen molar-refractivity contribution >= 4 is 34.7 Å². The molecule has 2 aromatic carbocycles. The molecule has 8 nitrogen and oxygen atoms in total. The first kappa shape index (κ1) is 21.3. The average molecular weight is 435 g/mol. The summed E-state index contributed by atoms with van der Waals surface area (Å²) in [5, 5.41) is 8.60. The van der Waals surface area contributed by atoms with Crippen molar-refractivity contribution in [3.63, 3.8) is 0 Å². The largest absolute Gasteiger partial charge is 0.488 e. The van der Waals surface area contributed by atoms with Crippen molar-refractivity contribution in [2.75, 3.05) is 29.2 Å². The van der Waals surface area contributed by atoms with Crippen molar-refractivity contribution < 1.29 is 18.7 Å². The zero-order chi connectivity index (χ0) is 22.3. The van der Waals surface area contributed by atoms with Crippen molar-refractivity contribution in [3.05, 3.63) is 73.2 Å². The van der Waals surface area contributed by atoms with Crippen molar-refractivity contribution in [2.24, 2.45) is 0 Å². The molecule has 0 saturated carbocycles. The number of aromatic nitrogens is 2. The molecule has 4 rings (SSSR count). The standard InChI is InChI=1S/C23H22FN5O3/c1-2-21(30)26-16-4-3-5-17(12-16)27-22-20(24)13-25-23(29-22)28-15-6-8-18(9-7-15)32-19-10-11-31-14-19/h2-9,12-13,19H,1,10-11,14H2,(H,26,30)(H2,25,27,28,29)/t19-/m1/s1. The number of benzene rings is 2. The van der Waals surface area contributed by atoms with Crippen LogP contribution in [0.25, 0.3) is 0 Å². The summed E-state index contributed by atoms with van der Waals surface area (Å²) in [6, 6.07) is 14.2. The molecule has 0 radical (unpaired) electrons. The summed E-state index contributed by atoms with van der Waals surface area (Å²) in [6.45, 7) is 4.74. The predicted octanol–water partition coefficient (Wildman–Crippen LogP) is 4.40. The number of hydrogen-bond acceptors (Lipinski definition) is 7. The lowest BCUT2D eigenvalue weighted by Gasteiger charge is -2.13. The molecule has 32 heavy (non-hydrogen) atoms. The van der Waals surface area contributed by atoms with Gasteiger partial charge in [-0.1, -0.05) is 12.6 Å². The van der Waals surface area contributed by atoms with E-state index in [9.17, 15) is 9.18 Å². The number of ether oxygens (including phenoxy) is 2. The Hall–Kier alpha value is -3.98. The van der Waals surface area contributed by atoms with Crippen LogP contribution in [0.1, 0.15) is 6.42 Å². The molecule has 9 heteroatoms. The molecule has 0 aliphatic carbocycles. The highest BCUT2D eigenvalue weighted by molar-refractivity contribution is 5.99. The summed E-state index contributed by atoms with van der Waals surface area (Å²) in [5.41, 5.74) is 1.82. The highest BCUT2D eigenvalue weighted by Gasteiger charge is 2.17. The summed E-state index contributed by atoms with van der Waals surface area (Å²) >= 11 is 0. The first-order valence-corrected chi connectivity index (χ1v) is 10.0. The zero-order valence-corrected chi connectivity index (χ0v) is 17.2. The molecule has 2 heterocycles.